The Morgan fingerprint density at radius 1 is 1.38 bits per heavy atom. The standard InChI is InChI=1S/C12H13N3O/c1-8-6-13-7-11-12(16)14-9-4-2-3-5-10(9)15(8)11/h2-5,11,13H,1,6-7H2,(H,14,16). The molecule has 1 aromatic carbocycles. The summed E-state index contributed by atoms with van der Waals surface area (Å²) in [6, 6.07) is 7.65. The highest BCUT2D eigenvalue weighted by Gasteiger charge is 2.36. The average Bonchev–Trinajstić information content (AvgIpc) is 2.30. The second-order valence-electron chi connectivity index (χ2n) is 4.09. The van der Waals surface area contributed by atoms with Gasteiger partial charge in [-0.25, -0.2) is 0 Å². The van der Waals surface area contributed by atoms with Crippen molar-refractivity contribution < 1.29 is 4.79 Å². The van der Waals surface area contributed by atoms with Crippen molar-refractivity contribution in [3.05, 3.63) is 36.5 Å². The summed E-state index contributed by atoms with van der Waals surface area (Å²) < 4.78 is 0. The minimum absolute atomic E-state index is 0.0343. The zero-order valence-electron chi connectivity index (χ0n) is 8.86. The van der Waals surface area contributed by atoms with Crippen molar-refractivity contribution in [3.8, 4) is 0 Å². The van der Waals surface area contributed by atoms with Crippen LogP contribution >= 0.6 is 0 Å². The second kappa shape index (κ2) is 3.35. The summed E-state index contributed by atoms with van der Waals surface area (Å²) >= 11 is 0. The molecule has 0 aromatic heterocycles. The molecule has 0 aliphatic carbocycles. The predicted molar refractivity (Wildman–Crippen MR) is 63.3 cm³/mol. The van der Waals surface area contributed by atoms with E-state index in [4.69, 9.17) is 0 Å². The van der Waals surface area contributed by atoms with E-state index in [-0.39, 0.29) is 11.9 Å². The fourth-order valence-electron chi connectivity index (χ4n) is 2.30. The van der Waals surface area contributed by atoms with Gasteiger partial charge in [0.25, 0.3) is 0 Å². The number of fused-ring (bicyclic) bond motifs is 3. The highest BCUT2D eigenvalue weighted by Crippen LogP contribution is 2.34. The SMILES string of the molecule is C=C1CNCC2C(=O)Nc3ccccc3N12. The molecule has 1 fully saturated rings. The number of para-hydroxylation sites is 2. The maximum absolute atomic E-state index is 11.9. The first-order valence-electron chi connectivity index (χ1n) is 5.35. The summed E-state index contributed by atoms with van der Waals surface area (Å²) in [5, 5.41) is 6.11. The normalized spacial score (nSPS) is 23.5. The topological polar surface area (TPSA) is 44.4 Å². The zero-order chi connectivity index (χ0) is 11.1. The highest BCUT2D eigenvalue weighted by molar-refractivity contribution is 6.04. The van der Waals surface area contributed by atoms with Gasteiger partial charge in [-0.1, -0.05) is 18.7 Å². The molecule has 0 saturated carbocycles. The summed E-state index contributed by atoms with van der Waals surface area (Å²) in [7, 11) is 0. The molecule has 0 radical (unpaired) electrons. The molecular weight excluding hydrogens is 202 g/mol. The number of nitrogens with zero attached hydrogens (tertiary/aromatic N) is 1. The molecule has 2 heterocycles. The van der Waals surface area contributed by atoms with Crippen molar-refractivity contribution in [1.82, 2.24) is 5.32 Å². The number of hydrogen-bond acceptors (Lipinski definition) is 3. The maximum Gasteiger partial charge on any atom is 0.248 e. The molecule has 1 atom stereocenters. The van der Waals surface area contributed by atoms with Crippen LogP contribution in [0.1, 0.15) is 0 Å². The van der Waals surface area contributed by atoms with Crippen LogP contribution in [0.5, 0.6) is 0 Å². The van der Waals surface area contributed by atoms with Gasteiger partial charge in [0.05, 0.1) is 11.4 Å². The third-order valence-electron chi connectivity index (χ3n) is 3.04. The van der Waals surface area contributed by atoms with Crippen molar-refractivity contribution in [2.75, 3.05) is 23.3 Å². The lowest BCUT2D eigenvalue weighted by atomic mass is 10.0. The van der Waals surface area contributed by atoms with Gasteiger partial charge < -0.3 is 15.5 Å². The van der Waals surface area contributed by atoms with Crippen LogP contribution in [0.15, 0.2) is 36.5 Å². The molecule has 82 valence electrons. The first-order chi connectivity index (χ1) is 7.77. The third-order valence-corrected chi connectivity index (χ3v) is 3.04. The van der Waals surface area contributed by atoms with Gasteiger partial charge in [0.1, 0.15) is 6.04 Å². The van der Waals surface area contributed by atoms with E-state index in [1.165, 1.54) is 0 Å². The number of carbonyl (C=O) groups excluding carboxylic acids is 1. The van der Waals surface area contributed by atoms with E-state index in [2.05, 4.69) is 17.2 Å². The highest BCUT2D eigenvalue weighted by atomic mass is 16.2. The van der Waals surface area contributed by atoms with E-state index in [1.54, 1.807) is 0 Å². The molecule has 4 heteroatoms. The molecule has 2 aliphatic heterocycles. The first kappa shape index (κ1) is 9.42. The van der Waals surface area contributed by atoms with Crippen molar-refractivity contribution in [2.45, 2.75) is 6.04 Å². The monoisotopic (exact) mass is 215 g/mol. The molecular formula is C12H13N3O. The Bertz CT molecular complexity index is 469. The summed E-state index contributed by atoms with van der Waals surface area (Å²) in [6.45, 7) is 5.42. The zero-order valence-corrected chi connectivity index (χ0v) is 8.86. The molecule has 3 rings (SSSR count). The van der Waals surface area contributed by atoms with Crippen molar-refractivity contribution in [3.63, 3.8) is 0 Å². The van der Waals surface area contributed by atoms with Crippen molar-refractivity contribution >= 4 is 17.3 Å². The number of hydrogen-bond donors (Lipinski definition) is 2. The molecule has 1 aromatic rings. The maximum atomic E-state index is 11.9. The minimum Gasteiger partial charge on any atom is -0.329 e. The number of benzene rings is 1. The van der Waals surface area contributed by atoms with Crippen LogP contribution in [0, 0.1) is 0 Å². The van der Waals surface area contributed by atoms with Crippen LogP contribution in [0.4, 0.5) is 11.4 Å². The van der Waals surface area contributed by atoms with E-state index in [1.807, 2.05) is 29.2 Å². The first-order valence-corrected chi connectivity index (χ1v) is 5.35. The van der Waals surface area contributed by atoms with Crippen molar-refractivity contribution in [1.29, 1.82) is 0 Å². The summed E-state index contributed by atoms with van der Waals surface area (Å²) in [4.78, 5) is 13.9. The number of rotatable bonds is 0. The van der Waals surface area contributed by atoms with Gasteiger partial charge in [-0.05, 0) is 12.1 Å². The largest absolute Gasteiger partial charge is 0.329 e. The number of piperazine rings is 1. The van der Waals surface area contributed by atoms with Gasteiger partial charge in [0.15, 0.2) is 0 Å². The van der Waals surface area contributed by atoms with Gasteiger partial charge >= 0.3 is 0 Å². The van der Waals surface area contributed by atoms with Gasteiger partial charge in [0, 0.05) is 18.8 Å². The van der Waals surface area contributed by atoms with Gasteiger partial charge in [-0.2, -0.15) is 0 Å². The summed E-state index contributed by atoms with van der Waals surface area (Å²) in [6.07, 6.45) is 0. The van der Waals surface area contributed by atoms with Gasteiger partial charge in [0.2, 0.25) is 5.91 Å². The van der Waals surface area contributed by atoms with Crippen LogP contribution in [0.3, 0.4) is 0 Å². The number of anilines is 2. The Labute approximate surface area is 93.9 Å². The lowest BCUT2D eigenvalue weighted by molar-refractivity contribution is -0.117. The fourth-order valence-corrected chi connectivity index (χ4v) is 2.30. The van der Waals surface area contributed by atoms with E-state index in [9.17, 15) is 4.79 Å². The molecule has 4 nitrogen and oxygen atoms in total. The van der Waals surface area contributed by atoms with Crippen LogP contribution in [-0.4, -0.2) is 25.0 Å². The lowest BCUT2D eigenvalue weighted by Crippen LogP contribution is -2.57. The predicted octanol–water partition coefficient (Wildman–Crippen LogP) is 0.931. The van der Waals surface area contributed by atoms with E-state index in [0.717, 1.165) is 23.6 Å². The molecule has 2 aliphatic rings. The Kier molecular flexibility index (Phi) is 1.97. The number of nitrogens with one attached hydrogen (secondary N) is 2. The minimum atomic E-state index is -0.170. The Morgan fingerprint density at radius 2 is 2.19 bits per heavy atom. The Hall–Kier alpha value is -1.81. The van der Waals surface area contributed by atoms with Crippen LogP contribution in [0.2, 0.25) is 0 Å². The number of amides is 1. The van der Waals surface area contributed by atoms with E-state index in [0.29, 0.717) is 6.54 Å². The Balaban J connectivity index is 2.12. The van der Waals surface area contributed by atoms with Crippen molar-refractivity contribution in [2.24, 2.45) is 0 Å². The smallest absolute Gasteiger partial charge is 0.248 e. The van der Waals surface area contributed by atoms with Crippen LogP contribution < -0.4 is 15.5 Å². The molecule has 1 unspecified atom stereocenters. The summed E-state index contributed by atoms with van der Waals surface area (Å²) in [5.74, 6) is 0.0343. The quantitative estimate of drug-likeness (QED) is 0.676. The molecule has 0 bridgehead atoms. The van der Waals surface area contributed by atoms with E-state index < -0.39 is 0 Å². The molecule has 2 N–H and O–H groups in total. The van der Waals surface area contributed by atoms with Gasteiger partial charge in [-0.15, -0.1) is 0 Å². The molecule has 0 spiro atoms. The fraction of sp³-hybridized carbons (Fsp3) is 0.250. The molecule has 16 heavy (non-hydrogen) atoms. The third kappa shape index (κ3) is 1.23. The second-order valence-corrected chi connectivity index (χ2v) is 4.09. The Morgan fingerprint density at radius 3 is 3.06 bits per heavy atom. The molecule has 1 amide bonds. The van der Waals surface area contributed by atoms with Crippen LogP contribution in [-0.2, 0) is 4.79 Å². The van der Waals surface area contributed by atoms with Gasteiger partial charge in [-0.3, -0.25) is 4.79 Å². The average molecular weight is 215 g/mol. The summed E-state index contributed by atoms with van der Waals surface area (Å²) in [5.41, 5.74) is 2.85. The molecule has 1 saturated heterocycles. The van der Waals surface area contributed by atoms with Crippen LogP contribution in [0.25, 0.3) is 0 Å². The number of carbonyl (C=O) groups is 1. The van der Waals surface area contributed by atoms with E-state index >= 15 is 0 Å². The lowest BCUT2D eigenvalue weighted by Gasteiger charge is -2.42.